The normalized spacial score (nSPS) is 12.3. The van der Waals surface area contributed by atoms with Crippen LogP contribution in [-0.2, 0) is 9.53 Å². The van der Waals surface area contributed by atoms with Gasteiger partial charge >= 0.3 is 5.97 Å². The van der Waals surface area contributed by atoms with E-state index in [-0.39, 0.29) is 12.6 Å². The molecule has 1 atom stereocenters. The van der Waals surface area contributed by atoms with Crippen LogP contribution in [0.25, 0.3) is 0 Å². The summed E-state index contributed by atoms with van der Waals surface area (Å²) in [6.07, 6.45) is 19.1. The van der Waals surface area contributed by atoms with Gasteiger partial charge in [0.25, 0.3) is 0 Å². The largest absolute Gasteiger partial charge is 0.461 e. The lowest BCUT2D eigenvalue weighted by atomic mass is 10.0. The van der Waals surface area contributed by atoms with Gasteiger partial charge in [-0.2, -0.15) is 0 Å². The number of ether oxygens (including phenoxy) is 1. The molecule has 0 aromatic heterocycles. The van der Waals surface area contributed by atoms with Crippen LogP contribution in [0.15, 0.2) is 0 Å². The maximum atomic E-state index is 11.3. The molecule has 0 spiro atoms. The molecule has 24 heavy (non-hydrogen) atoms. The first-order valence-corrected chi connectivity index (χ1v) is 10.3. The van der Waals surface area contributed by atoms with Crippen LogP contribution in [0, 0.1) is 0 Å². The highest BCUT2D eigenvalue weighted by atomic mass is 16.5. The molecule has 4 heteroatoms. The Morgan fingerprint density at radius 3 is 1.54 bits per heavy atom. The van der Waals surface area contributed by atoms with E-state index in [4.69, 9.17) is 15.6 Å². The maximum Gasteiger partial charge on any atom is 0.305 e. The predicted octanol–water partition coefficient (Wildman–Crippen LogP) is 5.07. The molecule has 1 unspecified atom stereocenters. The van der Waals surface area contributed by atoms with Gasteiger partial charge in [0.2, 0.25) is 0 Å². The molecule has 0 aromatic carbocycles. The lowest BCUT2D eigenvalue weighted by molar-refractivity contribution is -0.146. The molecular formula is C20H41NO3. The van der Waals surface area contributed by atoms with Crippen molar-refractivity contribution < 1.29 is 14.6 Å². The Morgan fingerprint density at radius 2 is 1.17 bits per heavy atom. The highest BCUT2D eigenvalue weighted by Crippen LogP contribution is 2.13. The van der Waals surface area contributed by atoms with Gasteiger partial charge in [-0.15, -0.1) is 0 Å². The zero-order chi connectivity index (χ0) is 17.9. The lowest BCUT2D eigenvalue weighted by Gasteiger charge is -2.06. The van der Waals surface area contributed by atoms with Gasteiger partial charge in [0.1, 0.15) is 12.8 Å². The van der Waals surface area contributed by atoms with E-state index in [0.29, 0.717) is 6.42 Å². The Bertz CT molecular complexity index is 270. The number of nitrogens with two attached hydrogens (primary N) is 1. The Kier molecular flexibility index (Phi) is 18.2. The van der Waals surface area contributed by atoms with Crippen LogP contribution in [-0.4, -0.2) is 23.9 Å². The number of hydrogen-bond acceptors (Lipinski definition) is 4. The summed E-state index contributed by atoms with van der Waals surface area (Å²) >= 11 is 0. The van der Waals surface area contributed by atoms with Crippen LogP contribution in [0.4, 0.5) is 0 Å². The van der Waals surface area contributed by atoms with Crippen LogP contribution < -0.4 is 5.73 Å². The van der Waals surface area contributed by atoms with Crippen molar-refractivity contribution in [3.8, 4) is 0 Å². The number of carbonyl (C=O) groups excluding carboxylic acids is 1. The topological polar surface area (TPSA) is 72.5 Å². The number of unbranched alkanes of at least 4 members (excludes halogenated alkanes) is 14. The summed E-state index contributed by atoms with van der Waals surface area (Å²) in [7, 11) is 0. The van der Waals surface area contributed by atoms with Crippen LogP contribution in [0.2, 0.25) is 0 Å². The zero-order valence-corrected chi connectivity index (χ0v) is 15.9. The molecule has 144 valence electrons. The fraction of sp³-hybridized carbons (Fsp3) is 0.950. The molecule has 0 bridgehead atoms. The Morgan fingerprint density at radius 1 is 0.792 bits per heavy atom. The minimum absolute atomic E-state index is 0.0996. The summed E-state index contributed by atoms with van der Waals surface area (Å²) in [5, 5.41) is 8.81. The molecule has 0 fully saturated rings. The Balaban J connectivity index is 3.08. The third kappa shape index (κ3) is 19.4. The van der Waals surface area contributed by atoms with E-state index in [0.717, 1.165) is 12.8 Å². The summed E-state index contributed by atoms with van der Waals surface area (Å²) < 4.78 is 4.81. The quantitative estimate of drug-likeness (QED) is 0.207. The Hall–Kier alpha value is -0.610. The van der Waals surface area contributed by atoms with Gasteiger partial charge in [-0.05, 0) is 6.42 Å². The first-order valence-electron chi connectivity index (χ1n) is 10.3. The van der Waals surface area contributed by atoms with Gasteiger partial charge < -0.3 is 15.6 Å². The Labute approximate surface area is 149 Å². The summed E-state index contributed by atoms with van der Waals surface area (Å²) in [5.41, 5.74) is 5.10. The van der Waals surface area contributed by atoms with Crippen molar-refractivity contribution in [1.82, 2.24) is 0 Å². The fourth-order valence-corrected chi connectivity index (χ4v) is 2.89. The minimum atomic E-state index is -1.06. The highest BCUT2D eigenvalue weighted by Gasteiger charge is 2.04. The van der Waals surface area contributed by atoms with Crippen LogP contribution in [0.1, 0.15) is 110 Å². The first-order chi connectivity index (χ1) is 11.7. The molecule has 0 amide bonds. The SMILES string of the molecule is CCCCCCCCCCCCCCCCCC(=O)OCC(N)O. The fourth-order valence-electron chi connectivity index (χ4n) is 2.89. The molecule has 0 aliphatic rings. The average molecular weight is 344 g/mol. The van der Waals surface area contributed by atoms with Crippen molar-refractivity contribution in [3.05, 3.63) is 0 Å². The van der Waals surface area contributed by atoms with Crippen molar-refractivity contribution in [3.63, 3.8) is 0 Å². The first kappa shape index (κ1) is 23.4. The smallest absolute Gasteiger partial charge is 0.305 e. The van der Waals surface area contributed by atoms with E-state index in [1.165, 1.54) is 83.5 Å². The molecule has 0 rings (SSSR count). The summed E-state index contributed by atoms with van der Waals surface area (Å²) in [4.78, 5) is 11.3. The van der Waals surface area contributed by atoms with Crippen molar-refractivity contribution in [2.24, 2.45) is 5.73 Å². The van der Waals surface area contributed by atoms with Gasteiger partial charge in [0.05, 0.1) is 0 Å². The second kappa shape index (κ2) is 18.7. The third-order valence-corrected chi connectivity index (χ3v) is 4.40. The van der Waals surface area contributed by atoms with Crippen LogP contribution in [0.5, 0.6) is 0 Å². The summed E-state index contributed by atoms with van der Waals surface area (Å²) in [6.45, 7) is 2.17. The molecule has 0 saturated heterocycles. The molecule has 3 N–H and O–H groups in total. The molecule has 4 nitrogen and oxygen atoms in total. The monoisotopic (exact) mass is 343 g/mol. The van der Waals surface area contributed by atoms with Gasteiger partial charge in [-0.25, -0.2) is 0 Å². The number of aliphatic hydroxyl groups is 1. The molecule has 0 heterocycles. The van der Waals surface area contributed by atoms with Gasteiger partial charge in [0.15, 0.2) is 0 Å². The predicted molar refractivity (Wildman–Crippen MR) is 101 cm³/mol. The number of aliphatic hydroxyl groups excluding tert-OH is 1. The minimum Gasteiger partial charge on any atom is -0.461 e. The van der Waals surface area contributed by atoms with Crippen LogP contribution in [0.3, 0.4) is 0 Å². The van der Waals surface area contributed by atoms with Gasteiger partial charge in [-0.3, -0.25) is 4.79 Å². The molecule has 0 aromatic rings. The second-order valence-electron chi connectivity index (χ2n) is 6.95. The van der Waals surface area contributed by atoms with E-state index in [2.05, 4.69) is 6.92 Å². The summed E-state index contributed by atoms with van der Waals surface area (Å²) in [6, 6.07) is 0. The second-order valence-corrected chi connectivity index (χ2v) is 6.95. The van der Waals surface area contributed by atoms with E-state index in [9.17, 15) is 4.79 Å². The van der Waals surface area contributed by atoms with E-state index in [1.54, 1.807) is 0 Å². The third-order valence-electron chi connectivity index (χ3n) is 4.40. The van der Waals surface area contributed by atoms with Crippen molar-refractivity contribution >= 4 is 5.97 Å². The standard InChI is InChI=1S/C20H41NO3/c1-2-3-4-5-6-7-8-9-10-11-12-13-14-15-16-17-20(23)24-18-19(21)22/h19,22H,2-18,21H2,1H3. The zero-order valence-electron chi connectivity index (χ0n) is 15.9. The van der Waals surface area contributed by atoms with E-state index in [1.807, 2.05) is 0 Å². The maximum absolute atomic E-state index is 11.3. The highest BCUT2D eigenvalue weighted by molar-refractivity contribution is 5.69. The van der Waals surface area contributed by atoms with E-state index < -0.39 is 6.23 Å². The molecular weight excluding hydrogens is 302 g/mol. The summed E-state index contributed by atoms with van der Waals surface area (Å²) in [5.74, 6) is -0.255. The van der Waals surface area contributed by atoms with Crippen molar-refractivity contribution in [2.75, 3.05) is 6.61 Å². The molecule has 0 radical (unpaired) electrons. The number of rotatable bonds is 18. The lowest BCUT2D eigenvalue weighted by Crippen LogP contribution is -2.26. The van der Waals surface area contributed by atoms with Crippen molar-refractivity contribution in [2.45, 2.75) is 116 Å². The number of carbonyl (C=O) groups is 1. The molecule has 0 aliphatic heterocycles. The van der Waals surface area contributed by atoms with Crippen molar-refractivity contribution in [1.29, 1.82) is 0 Å². The molecule has 0 aliphatic carbocycles. The average Bonchev–Trinajstić information content (AvgIpc) is 2.56. The van der Waals surface area contributed by atoms with E-state index >= 15 is 0 Å². The van der Waals surface area contributed by atoms with Gasteiger partial charge in [-0.1, -0.05) is 96.8 Å². The number of esters is 1. The molecule has 0 saturated carbocycles. The number of hydrogen-bond donors (Lipinski definition) is 2. The van der Waals surface area contributed by atoms with Crippen LogP contribution >= 0.6 is 0 Å². The van der Waals surface area contributed by atoms with Gasteiger partial charge in [0, 0.05) is 6.42 Å².